The maximum atomic E-state index is 11.9. The topological polar surface area (TPSA) is 69.6 Å². The van der Waals surface area contributed by atoms with E-state index < -0.39 is 0 Å². The van der Waals surface area contributed by atoms with Gasteiger partial charge in [0.05, 0.1) is 5.56 Å². The van der Waals surface area contributed by atoms with Crippen LogP contribution in [0.2, 0.25) is 0 Å². The number of unbranched alkanes of at least 4 members (excludes halogenated alkanes) is 3. The quantitative estimate of drug-likeness (QED) is 0.524. The van der Waals surface area contributed by atoms with E-state index in [1.165, 1.54) is 37.5 Å². The Bertz CT molecular complexity index is 418. The molecule has 0 saturated heterocycles. The molecule has 0 radical (unpaired) electrons. The predicted octanol–water partition coefficient (Wildman–Crippen LogP) is 3.19. The van der Waals surface area contributed by atoms with E-state index in [9.17, 15) is 15.0 Å². The third-order valence-electron chi connectivity index (χ3n) is 3.13. The molecule has 4 nitrogen and oxygen atoms in total. The average Bonchev–Trinajstić information content (AvgIpc) is 2.38. The van der Waals surface area contributed by atoms with E-state index in [0.29, 0.717) is 0 Å². The summed E-state index contributed by atoms with van der Waals surface area (Å²) in [6, 6.07) is 4.44. The second-order valence-corrected chi connectivity index (χ2v) is 4.90. The average molecular weight is 265 g/mol. The summed E-state index contributed by atoms with van der Waals surface area (Å²) in [4.78, 5) is 11.9. The zero-order valence-electron chi connectivity index (χ0n) is 11.6. The summed E-state index contributed by atoms with van der Waals surface area (Å²) in [5.41, 5.74) is 0.111. The van der Waals surface area contributed by atoms with E-state index >= 15 is 0 Å². The maximum absolute atomic E-state index is 11.9. The van der Waals surface area contributed by atoms with E-state index in [0.717, 1.165) is 12.8 Å². The van der Waals surface area contributed by atoms with Crippen LogP contribution in [0.4, 0.5) is 0 Å². The Kier molecular flexibility index (Phi) is 6.19. The molecule has 0 aromatic heterocycles. The van der Waals surface area contributed by atoms with Crippen LogP contribution in [0.3, 0.4) is 0 Å². The number of benzene rings is 1. The fourth-order valence-corrected chi connectivity index (χ4v) is 1.97. The van der Waals surface area contributed by atoms with Crippen LogP contribution in [0.25, 0.3) is 0 Å². The lowest BCUT2D eigenvalue weighted by Crippen LogP contribution is -2.32. The van der Waals surface area contributed by atoms with Crippen molar-refractivity contribution in [3.8, 4) is 11.5 Å². The van der Waals surface area contributed by atoms with Crippen molar-refractivity contribution in [3.05, 3.63) is 23.8 Å². The van der Waals surface area contributed by atoms with Gasteiger partial charge in [-0.25, -0.2) is 0 Å². The van der Waals surface area contributed by atoms with Gasteiger partial charge in [-0.1, -0.05) is 38.7 Å². The molecule has 3 N–H and O–H groups in total. The highest BCUT2D eigenvalue weighted by atomic mass is 16.3. The molecule has 106 valence electrons. The van der Waals surface area contributed by atoms with Gasteiger partial charge in [0.2, 0.25) is 0 Å². The Hall–Kier alpha value is -1.71. The van der Waals surface area contributed by atoms with E-state index in [2.05, 4.69) is 12.2 Å². The molecule has 0 saturated carbocycles. The lowest BCUT2D eigenvalue weighted by Gasteiger charge is -2.14. The third-order valence-corrected chi connectivity index (χ3v) is 3.13. The number of rotatable bonds is 7. The van der Waals surface area contributed by atoms with Gasteiger partial charge in [0.25, 0.3) is 5.91 Å². The SMILES string of the molecule is CCCCCCC(C)NC(=O)c1cccc(O)c1O. The summed E-state index contributed by atoms with van der Waals surface area (Å²) < 4.78 is 0. The molecule has 0 aliphatic rings. The molecule has 0 spiro atoms. The molecule has 4 heteroatoms. The third kappa shape index (κ3) is 4.81. The molecule has 1 aromatic carbocycles. The molecule has 0 heterocycles. The van der Waals surface area contributed by atoms with Gasteiger partial charge >= 0.3 is 0 Å². The molecule has 0 bridgehead atoms. The zero-order chi connectivity index (χ0) is 14.3. The van der Waals surface area contributed by atoms with Gasteiger partial charge in [0, 0.05) is 6.04 Å². The van der Waals surface area contributed by atoms with Crippen molar-refractivity contribution in [2.45, 2.75) is 52.0 Å². The Morgan fingerprint density at radius 1 is 1.26 bits per heavy atom. The number of nitrogens with one attached hydrogen (secondary N) is 1. The number of carbonyl (C=O) groups excluding carboxylic acids is 1. The monoisotopic (exact) mass is 265 g/mol. The first-order valence-electron chi connectivity index (χ1n) is 6.88. The summed E-state index contributed by atoms with van der Waals surface area (Å²) in [7, 11) is 0. The van der Waals surface area contributed by atoms with Crippen LogP contribution in [0, 0.1) is 0 Å². The number of amides is 1. The van der Waals surface area contributed by atoms with Gasteiger partial charge in [-0.05, 0) is 25.5 Å². The number of carbonyl (C=O) groups is 1. The zero-order valence-corrected chi connectivity index (χ0v) is 11.6. The number of hydrogen-bond acceptors (Lipinski definition) is 3. The summed E-state index contributed by atoms with van der Waals surface area (Å²) in [5, 5.41) is 21.8. The Morgan fingerprint density at radius 3 is 2.68 bits per heavy atom. The Balaban J connectivity index is 2.48. The van der Waals surface area contributed by atoms with Gasteiger partial charge in [-0.2, -0.15) is 0 Å². The van der Waals surface area contributed by atoms with Crippen molar-refractivity contribution in [1.29, 1.82) is 0 Å². The smallest absolute Gasteiger partial charge is 0.255 e. The van der Waals surface area contributed by atoms with Crippen LogP contribution in [-0.4, -0.2) is 22.2 Å². The minimum absolute atomic E-state index is 0.0612. The van der Waals surface area contributed by atoms with Crippen LogP contribution < -0.4 is 5.32 Å². The van der Waals surface area contributed by atoms with Crippen molar-refractivity contribution in [2.24, 2.45) is 0 Å². The van der Waals surface area contributed by atoms with Crippen molar-refractivity contribution < 1.29 is 15.0 Å². The first-order valence-corrected chi connectivity index (χ1v) is 6.88. The molecule has 1 aromatic rings. The lowest BCUT2D eigenvalue weighted by atomic mass is 10.1. The second-order valence-electron chi connectivity index (χ2n) is 4.90. The van der Waals surface area contributed by atoms with Crippen molar-refractivity contribution in [1.82, 2.24) is 5.32 Å². The van der Waals surface area contributed by atoms with E-state index in [1.54, 1.807) is 0 Å². The van der Waals surface area contributed by atoms with Crippen molar-refractivity contribution in [2.75, 3.05) is 0 Å². The first-order chi connectivity index (χ1) is 9.06. The maximum Gasteiger partial charge on any atom is 0.255 e. The van der Waals surface area contributed by atoms with Gasteiger partial charge in [0.1, 0.15) is 0 Å². The molecule has 19 heavy (non-hydrogen) atoms. The number of phenols is 2. The number of hydrogen-bond donors (Lipinski definition) is 3. The number of para-hydroxylation sites is 1. The van der Waals surface area contributed by atoms with Gasteiger partial charge in [0.15, 0.2) is 11.5 Å². The Morgan fingerprint density at radius 2 is 2.00 bits per heavy atom. The highest BCUT2D eigenvalue weighted by Gasteiger charge is 2.15. The molecule has 1 unspecified atom stereocenters. The van der Waals surface area contributed by atoms with Crippen molar-refractivity contribution in [3.63, 3.8) is 0 Å². The molecule has 1 atom stereocenters. The van der Waals surface area contributed by atoms with Crippen LogP contribution in [-0.2, 0) is 0 Å². The van der Waals surface area contributed by atoms with Gasteiger partial charge in [-0.15, -0.1) is 0 Å². The number of aromatic hydroxyl groups is 2. The fraction of sp³-hybridized carbons (Fsp3) is 0.533. The summed E-state index contributed by atoms with van der Waals surface area (Å²) in [6.45, 7) is 4.11. The van der Waals surface area contributed by atoms with Crippen LogP contribution in [0.5, 0.6) is 11.5 Å². The molecule has 1 amide bonds. The molecule has 1 rings (SSSR count). The van der Waals surface area contributed by atoms with E-state index in [-0.39, 0.29) is 29.0 Å². The van der Waals surface area contributed by atoms with Crippen molar-refractivity contribution >= 4 is 5.91 Å². The van der Waals surface area contributed by atoms with Gasteiger partial charge < -0.3 is 15.5 Å². The molecular formula is C15H23NO3. The highest BCUT2D eigenvalue weighted by molar-refractivity contribution is 5.97. The summed E-state index contributed by atoms with van der Waals surface area (Å²) >= 11 is 0. The first kappa shape index (κ1) is 15.3. The predicted molar refractivity (Wildman–Crippen MR) is 75.5 cm³/mol. The molecular weight excluding hydrogens is 242 g/mol. The normalized spacial score (nSPS) is 12.1. The number of phenolic OH excluding ortho intramolecular Hbond substituents is 2. The van der Waals surface area contributed by atoms with E-state index in [1.807, 2.05) is 6.92 Å². The summed E-state index contributed by atoms with van der Waals surface area (Å²) in [5.74, 6) is -0.988. The Labute approximate surface area is 114 Å². The second kappa shape index (κ2) is 7.67. The molecule has 0 aliphatic heterocycles. The van der Waals surface area contributed by atoms with E-state index in [4.69, 9.17) is 0 Å². The fourth-order valence-electron chi connectivity index (χ4n) is 1.97. The standard InChI is InChI=1S/C15H23NO3/c1-3-4-5-6-8-11(2)16-15(19)12-9-7-10-13(17)14(12)18/h7,9-11,17-18H,3-6,8H2,1-2H3,(H,16,19). The highest BCUT2D eigenvalue weighted by Crippen LogP contribution is 2.28. The molecule has 0 aliphatic carbocycles. The lowest BCUT2D eigenvalue weighted by molar-refractivity contribution is 0.0934. The summed E-state index contributed by atoms with van der Waals surface area (Å²) in [6.07, 6.45) is 5.59. The van der Waals surface area contributed by atoms with Crippen LogP contribution in [0.1, 0.15) is 56.3 Å². The minimum Gasteiger partial charge on any atom is -0.504 e. The molecule has 0 fully saturated rings. The van der Waals surface area contributed by atoms with Crippen LogP contribution >= 0.6 is 0 Å². The largest absolute Gasteiger partial charge is 0.504 e. The van der Waals surface area contributed by atoms with Crippen LogP contribution in [0.15, 0.2) is 18.2 Å². The minimum atomic E-state index is -0.363. The van der Waals surface area contributed by atoms with Gasteiger partial charge in [-0.3, -0.25) is 4.79 Å².